The molecule has 84 valence electrons. The van der Waals surface area contributed by atoms with Gasteiger partial charge in [-0.15, -0.1) is 0 Å². The van der Waals surface area contributed by atoms with Gasteiger partial charge in [0.2, 0.25) is 0 Å². The highest BCUT2D eigenvalue weighted by Crippen LogP contribution is 2.26. The highest BCUT2D eigenvalue weighted by atomic mass is 16.4. The van der Waals surface area contributed by atoms with Crippen LogP contribution in [0, 0.1) is 11.8 Å². The number of aliphatic carboxylic acids is 1. The molecule has 0 bridgehead atoms. The SMILES string of the molecule is CCC/C(C)=C/C1C=CCC(C(=O)O)C1. The van der Waals surface area contributed by atoms with Crippen LogP contribution in [0.2, 0.25) is 0 Å². The Morgan fingerprint density at radius 1 is 1.60 bits per heavy atom. The van der Waals surface area contributed by atoms with Crippen molar-refractivity contribution >= 4 is 5.97 Å². The van der Waals surface area contributed by atoms with E-state index in [1.807, 2.05) is 6.08 Å². The van der Waals surface area contributed by atoms with Gasteiger partial charge >= 0.3 is 5.97 Å². The molecular formula is C13H20O2. The lowest BCUT2D eigenvalue weighted by Crippen LogP contribution is -2.18. The average Bonchev–Trinajstić information content (AvgIpc) is 2.18. The standard InChI is InChI=1S/C13H20O2/c1-3-5-10(2)8-11-6-4-7-12(9-11)13(14)15/h4,6,8,11-12H,3,5,7,9H2,1-2H3,(H,14,15)/b10-8+. The Kier molecular flexibility index (Phi) is 4.60. The normalized spacial score (nSPS) is 26.7. The molecule has 1 aliphatic rings. The van der Waals surface area contributed by atoms with Crippen LogP contribution >= 0.6 is 0 Å². The molecular weight excluding hydrogens is 188 g/mol. The van der Waals surface area contributed by atoms with Crippen molar-refractivity contribution in [2.75, 3.05) is 0 Å². The van der Waals surface area contributed by atoms with Gasteiger partial charge < -0.3 is 5.11 Å². The Hall–Kier alpha value is -1.05. The van der Waals surface area contributed by atoms with Crippen LogP contribution in [-0.2, 0) is 4.79 Å². The van der Waals surface area contributed by atoms with Crippen molar-refractivity contribution in [3.63, 3.8) is 0 Å². The molecule has 1 aliphatic carbocycles. The van der Waals surface area contributed by atoms with E-state index in [4.69, 9.17) is 5.11 Å². The fourth-order valence-electron chi connectivity index (χ4n) is 2.09. The van der Waals surface area contributed by atoms with Gasteiger partial charge in [0.25, 0.3) is 0 Å². The molecule has 0 radical (unpaired) electrons. The molecule has 2 unspecified atom stereocenters. The third-order valence-electron chi connectivity index (χ3n) is 2.85. The van der Waals surface area contributed by atoms with Gasteiger partial charge in [0.05, 0.1) is 5.92 Å². The lowest BCUT2D eigenvalue weighted by molar-refractivity contribution is -0.142. The van der Waals surface area contributed by atoms with Crippen molar-refractivity contribution in [2.45, 2.75) is 39.5 Å². The molecule has 0 saturated carbocycles. The predicted molar refractivity (Wildman–Crippen MR) is 61.7 cm³/mol. The topological polar surface area (TPSA) is 37.3 Å². The van der Waals surface area contributed by atoms with Gasteiger partial charge in [0, 0.05) is 0 Å². The fraction of sp³-hybridized carbons (Fsp3) is 0.615. The summed E-state index contributed by atoms with van der Waals surface area (Å²) in [5.41, 5.74) is 1.37. The van der Waals surface area contributed by atoms with E-state index in [2.05, 4.69) is 26.0 Å². The van der Waals surface area contributed by atoms with Crippen LogP contribution in [0.3, 0.4) is 0 Å². The summed E-state index contributed by atoms with van der Waals surface area (Å²) in [4.78, 5) is 10.9. The highest BCUT2D eigenvalue weighted by Gasteiger charge is 2.22. The Balaban J connectivity index is 2.57. The van der Waals surface area contributed by atoms with Crippen molar-refractivity contribution in [2.24, 2.45) is 11.8 Å². The van der Waals surface area contributed by atoms with Crippen LogP contribution < -0.4 is 0 Å². The van der Waals surface area contributed by atoms with Crippen LogP contribution in [0.15, 0.2) is 23.8 Å². The number of rotatable bonds is 4. The summed E-state index contributed by atoms with van der Waals surface area (Å²) in [5, 5.41) is 8.94. The van der Waals surface area contributed by atoms with E-state index in [1.165, 1.54) is 5.57 Å². The van der Waals surface area contributed by atoms with E-state index >= 15 is 0 Å². The molecule has 0 spiro atoms. The Morgan fingerprint density at radius 3 is 2.93 bits per heavy atom. The monoisotopic (exact) mass is 208 g/mol. The largest absolute Gasteiger partial charge is 0.481 e. The maximum atomic E-state index is 10.9. The summed E-state index contributed by atoms with van der Waals surface area (Å²) in [6, 6.07) is 0. The number of hydrogen-bond donors (Lipinski definition) is 1. The van der Waals surface area contributed by atoms with Crippen molar-refractivity contribution < 1.29 is 9.90 Å². The summed E-state index contributed by atoms with van der Waals surface area (Å²) in [6.07, 6.45) is 10.1. The van der Waals surface area contributed by atoms with Crippen LogP contribution in [-0.4, -0.2) is 11.1 Å². The van der Waals surface area contributed by atoms with Gasteiger partial charge in [-0.05, 0) is 32.1 Å². The molecule has 15 heavy (non-hydrogen) atoms. The molecule has 1 rings (SSSR count). The molecule has 0 amide bonds. The molecule has 2 heteroatoms. The third-order valence-corrected chi connectivity index (χ3v) is 2.85. The van der Waals surface area contributed by atoms with Crippen LogP contribution in [0.4, 0.5) is 0 Å². The van der Waals surface area contributed by atoms with Crippen LogP contribution in [0.5, 0.6) is 0 Å². The molecule has 0 fully saturated rings. The zero-order valence-electron chi connectivity index (χ0n) is 9.57. The summed E-state index contributed by atoms with van der Waals surface area (Å²) >= 11 is 0. The molecule has 0 aliphatic heterocycles. The first kappa shape index (κ1) is 12.0. The van der Waals surface area contributed by atoms with Gasteiger partial charge in [0.1, 0.15) is 0 Å². The van der Waals surface area contributed by atoms with Gasteiger partial charge in [-0.1, -0.05) is 37.1 Å². The van der Waals surface area contributed by atoms with E-state index in [0.717, 1.165) is 19.3 Å². The van der Waals surface area contributed by atoms with Crippen molar-refractivity contribution in [1.82, 2.24) is 0 Å². The first-order valence-corrected chi connectivity index (χ1v) is 5.70. The van der Waals surface area contributed by atoms with Gasteiger partial charge in [-0.2, -0.15) is 0 Å². The molecule has 0 aromatic heterocycles. The quantitative estimate of drug-likeness (QED) is 0.719. The lowest BCUT2D eigenvalue weighted by Gasteiger charge is -2.19. The minimum absolute atomic E-state index is 0.189. The summed E-state index contributed by atoms with van der Waals surface area (Å²) in [5.74, 6) is -0.525. The second-order valence-corrected chi connectivity index (χ2v) is 4.36. The smallest absolute Gasteiger partial charge is 0.306 e. The molecule has 1 N–H and O–H groups in total. The molecule has 0 saturated heterocycles. The number of allylic oxidation sites excluding steroid dienone is 4. The van der Waals surface area contributed by atoms with E-state index in [-0.39, 0.29) is 5.92 Å². The summed E-state index contributed by atoms with van der Waals surface area (Å²) in [7, 11) is 0. The zero-order valence-corrected chi connectivity index (χ0v) is 9.57. The fourth-order valence-corrected chi connectivity index (χ4v) is 2.09. The second-order valence-electron chi connectivity index (χ2n) is 4.36. The molecule has 2 nitrogen and oxygen atoms in total. The molecule has 2 atom stereocenters. The van der Waals surface area contributed by atoms with Gasteiger partial charge in [-0.25, -0.2) is 0 Å². The zero-order chi connectivity index (χ0) is 11.3. The number of hydrogen-bond acceptors (Lipinski definition) is 1. The Labute approximate surface area is 91.7 Å². The van der Waals surface area contributed by atoms with E-state index in [1.54, 1.807) is 0 Å². The predicted octanol–water partition coefficient (Wildman–Crippen LogP) is 3.40. The number of carboxylic acids is 1. The first-order chi connectivity index (χ1) is 7.13. The van der Waals surface area contributed by atoms with Crippen molar-refractivity contribution in [1.29, 1.82) is 0 Å². The van der Waals surface area contributed by atoms with E-state index < -0.39 is 5.97 Å². The molecule has 0 heterocycles. The molecule has 0 aromatic carbocycles. The number of carbonyl (C=O) groups is 1. The summed E-state index contributed by atoms with van der Waals surface area (Å²) < 4.78 is 0. The minimum atomic E-state index is -0.661. The summed E-state index contributed by atoms with van der Waals surface area (Å²) in [6.45, 7) is 4.29. The van der Waals surface area contributed by atoms with Gasteiger partial charge in [0.15, 0.2) is 0 Å². The Bertz CT molecular complexity index is 276. The van der Waals surface area contributed by atoms with Crippen molar-refractivity contribution in [3.05, 3.63) is 23.8 Å². The molecule has 0 aromatic rings. The maximum absolute atomic E-state index is 10.9. The highest BCUT2D eigenvalue weighted by molar-refractivity contribution is 5.70. The van der Waals surface area contributed by atoms with Gasteiger partial charge in [-0.3, -0.25) is 4.79 Å². The van der Waals surface area contributed by atoms with E-state index in [0.29, 0.717) is 12.3 Å². The van der Waals surface area contributed by atoms with Crippen molar-refractivity contribution in [3.8, 4) is 0 Å². The second kappa shape index (κ2) is 5.74. The first-order valence-electron chi connectivity index (χ1n) is 5.70. The number of carboxylic acid groups (broad SMARTS) is 1. The Morgan fingerprint density at radius 2 is 2.33 bits per heavy atom. The van der Waals surface area contributed by atoms with E-state index in [9.17, 15) is 4.79 Å². The van der Waals surface area contributed by atoms with Crippen LogP contribution in [0.1, 0.15) is 39.5 Å². The lowest BCUT2D eigenvalue weighted by atomic mass is 9.85. The minimum Gasteiger partial charge on any atom is -0.481 e. The average molecular weight is 208 g/mol. The third kappa shape index (κ3) is 3.90. The maximum Gasteiger partial charge on any atom is 0.306 e. The van der Waals surface area contributed by atoms with Crippen LogP contribution in [0.25, 0.3) is 0 Å².